The summed E-state index contributed by atoms with van der Waals surface area (Å²) in [6.07, 6.45) is 5.52. The molecule has 7 heteroatoms. The zero-order chi connectivity index (χ0) is 13.0. The van der Waals surface area contributed by atoms with Crippen molar-refractivity contribution >= 4 is 12.0 Å². The van der Waals surface area contributed by atoms with Crippen LogP contribution in [0.25, 0.3) is 0 Å². The molecule has 1 aliphatic carbocycles. The van der Waals surface area contributed by atoms with Crippen molar-refractivity contribution in [1.29, 1.82) is 0 Å². The summed E-state index contributed by atoms with van der Waals surface area (Å²) in [5.74, 6) is -0.886. The second kappa shape index (κ2) is 5.07. The van der Waals surface area contributed by atoms with Gasteiger partial charge in [0.15, 0.2) is 0 Å². The van der Waals surface area contributed by atoms with E-state index in [1.807, 2.05) is 0 Å². The fraction of sp³-hybridized carbons (Fsp3) is 0.545. The lowest BCUT2D eigenvalue weighted by molar-refractivity contribution is -0.139. The first-order valence-corrected chi connectivity index (χ1v) is 5.85. The zero-order valence-corrected chi connectivity index (χ0v) is 9.90. The molecule has 1 heterocycles. The van der Waals surface area contributed by atoms with Crippen molar-refractivity contribution in [2.24, 2.45) is 0 Å². The number of aliphatic carboxylic acids is 1. The lowest BCUT2D eigenvalue weighted by Gasteiger charge is -2.41. The number of carbonyl (C=O) groups is 2. The first-order valence-electron chi connectivity index (χ1n) is 5.85. The first kappa shape index (κ1) is 12.4. The molecule has 1 aromatic rings. The number of aromatic amines is 1. The molecule has 1 fully saturated rings. The van der Waals surface area contributed by atoms with Crippen LogP contribution in [0.1, 0.15) is 31.4 Å². The van der Waals surface area contributed by atoms with Crippen molar-refractivity contribution < 1.29 is 14.7 Å². The Morgan fingerprint density at radius 3 is 2.78 bits per heavy atom. The van der Waals surface area contributed by atoms with E-state index in [4.69, 9.17) is 5.11 Å². The van der Waals surface area contributed by atoms with Crippen LogP contribution in [-0.2, 0) is 11.3 Å². The molecule has 0 atom stereocenters. The zero-order valence-electron chi connectivity index (χ0n) is 9.90. The number of aromatic nitrogens is 2. The highest BCUT2D eigenvalue weighted by Gasteiger charge is 2.40. The molecular weight excluding hydrogens is 236 g/mol. The van der Waals surface area contributed by atoms with Gasteiger partial charge in [0.2, 0.25) is 0 Å². The van der Waals surface area contributed by atoms with E-state index in [1.54, 1.807) is 6.20 Å². The maximum atomic E-state index is 11.7. The van der Waals surface area contributed by atoms with Crippen molar-refractivity contribution in [3.8, 4) is 0 Å². The number of H-pyrrole nitrogens is 1. The molecule has 0 spiro atoms. The minimum absolute atomic E-state index is 0.0233. The quantitative estimate of drug-likeness (QED) is 0.615. The van der Waals surface area contributed by atoms with E-state index in [-0.39, 0.29) is 12.5 Å². The number of imidazole rings is 1. The molecule has 0 unspecified atom stereocenters. The molecule has 1 saturated carbocycles. The molecule has 4 N–H and O–H groups in total. The molecule has 2 rings (SSSR count). The minimum Gasteiger partial charge on any atom is -0.481 e. The molecule has 1 aliphatic rings. The summed E-state index contributed by atoms with van der Waals surface area (Å²) < 4.78 is 0. The van der Waals surface area contributed by atoms with Gasteiger partial charge in [-0.25, -0.2) is 9.78 Å². The fourth-order valence-corrected chi connectivity index (χ4v) is 2.08. The number of rotatable bonds is 5. The SMILES string of the molecule is O=C(O)CC1(NC(=O)NCc2cnc[nH]2)CCC1. The van der Waals surface area contributed by atoms with Gasteiger partial charge in [0.05, 0.1) is 30.5 Å². The van der Waals surface area contributed by atoms with Gasteiger partial charge in [-0.1, -0.05) is 0 Å². The van der Waals surface area contributed by atoms with Gasteiger partial charge in [0, 0.05) is 6.20 Å². The van der Waals surface area contributed by atoms with E-state index in [0.29, 0.717) is 6.54 Å². The van der Waals surface area contributed by atoms with E-state index in [0.717, 1.165) is 25.0 Å². The van der Waals surface area contributed by atoms with Gasteiger partial charge >= 0.3 is 12.0 Å². The second-order valence-electron chi connectivity index (χ2n) is 4.59. The molecule has 0 radical (unpaired) electrons. The fourth-order valence-electron chi connectivity index (χ4n) is 2.08. The molecule has 0 saturated heterocycles. The third-order valence-corrected chi connectivity index (χ3v) is 3.17. The maximum Gasteiger partial charge on any atom is 0.315 e. The normalized spacial score (nSPS) is 16.7. The van der Waals surface area contributed by atoms with Gasteiger partial charge in [-0.15, -0.1) is 0 Å². The van der Waals surface area contributed by atoms with Crippen LogP contribution in [0.4, 0.5) is 4.79 Å². The summed E-state index contributed by atoms with van der Waals surface area (Å²) in [5.41, 5.74) is 0.232. The second-order valence-corrected chi connectivity index (χ2v) is 4.59. The number of hydrogen-bond acceptors (Lipinski definition) is 3. The largest absolute Gasteiger partial charge is 0.481 e. The van der Waals surface area contributed by atoms with Crippen molar-refractivity contribution in [2.75, 3.05) is 0 Å². The minimum atomic E-state index is -0.886. The summed E-state index contributed by atoms with van der Waals surface area (Å²) in [4.78, 5) is 29.1. The van der Waals surface area contributed by atoms with E-state index in [9.17, 15) is 9.59 Å². The number of amides is 2. The van der Waals surface area contributed by atoms with Crippen molar-refractivity contribution in [2.45, 2.75) is 37.8 Å². The Balaban J connectivity index is 1.80. The lowest BCUT2D eigenvalue weighted by atomic mass is 9.74. The van der Waals surface area contributed by atoms with E-state index in [1.165, 1.54) is 6.33 Å². The average Bonchev–Trinajstić information content (AvgIpc) is 2.75. The highest BCUT2D eigenvalue weighted by atomic mass is 16.4. The van der Waals surface area contributed by atoms with E-state index >= 15 is 0 Å². The van der Waals surface area contributed by atoms with Crippen LogP contribution >= 0.6 is 0 Å². The van der Waals surface area contributed by atoms with Crippen LogP contribution in [-0.4, -0.2) is 32.6 Å². The Bertz CT molecular complexity index is 426. The van der Waals surface area contributed by atoms with E-state index < -0.39 is 11.5 Å². The van der Waals surface area contributed by atoms with Crippen LogP contribution in [0.5, 0.6) is 0 Å². The molecule has 0 aliphatic heterocycles. The highest BCUT2D eigenvalue weighted by molar-refractivity contribution is 5.77. The Labute approximate surface area is 104 Å². The Morgan fingerprint density at radius 1 is 1.50 bits per heavy atom. The van der Waals surface area contributed by atoms with Crippen LogP contribution in [0.2, 0.25) is 0 Å². The molecular formula is C11H16N4O3. The Hall–Kier alpha value is -2.05. The van der Waals surface area contributed by atoms with E-state index in [2.05, 4.69) is 20.6 Å². The van der Waals surface area contributed by atoms with Crippen LogP contribution in [0, 0.1) is 0 Å². The standard InChI is InChI=1S/C11H16N4O3/c16-9(17)4-11(2-1-3-11)15-10(18)13-6-8-5-12-7-14-8/h5,7H,1-4,6H2,(H,12,14)(H,16,17)(H2,13,15,18). The predicted octanol–water partition coefficient (Wildman–Crippen LogP) is 0.606. The third-order valence-electron chi connectivity index (χ3n) is 3.17. The summed E-state index contributed by atoms with van der Waals surface area (Å²) in [7, 11) is 0. The van der Waals surface area contributed by atoms with Crippen molar-refractivity contribution in [1.82, 2.24) is 20.6 Å². The van der Waals surface area contributed by atoms with Gasteiger partial charge in [-0.3, -0.25) is 4.79 Å². The summed E-state index contributed by atoms with van der Waals surface area (Å²) in [6, 6.07) is -0.342. The monoisotopic (exact) mass is 252 g/mol. The van der Waals surface area contributed by atoms with Gasteiger partial charge in [-0.2, -0.15) is 0 Å². The third kappa shape index (κ3) is 2.99. The lowest BCUT2D eigenvalue weighted by Crippen LogP contribution is -2.57. The summed E-state index contributed by atoms with van der Waals surface area (Å²) in [6.45, 7) is 0.342. The van der Waals surface area contributed by atoms with Gasteiger partial charge in [0.1, 0.15) is 0 Å². The summed E-state index contributed by atoms with van der Waals surface area (Å²) >= 11 is 0. The molecule has 98 valence electrons. The smallest absolute Gasteiger partial charge is 0.315 e. The average molecular weight is 252 g/mol. The summed E-state index contributed by atoms with van der Waals surface area (Å²) in [5, 5.41) is 14.2. The Morgan fingerprint density at radius 2 is 2.28 bits per heavy atom. The van der Waals surface area contributed by atoms with Crippen LogP contribution in [0.15, 0.2) is 12.5 Å². The first-order chi connectivity index (χ1) is 8.60. The molecule has 0 aromatic carbocycles. The van der Waals surface area contributed by atoms with Crippen molar-refractivity contribution in [3.63, 3.8) is 0 Å². The number of nitrogens with zero attached hydrogens (tertiary/aromatic N) is 1. The van der Waals surface area contributed by atoms with Crippen LogP contribution in [0.3, 0.4) is 0 Å². The molecule has 7 nitrogen and oxygen atoms in total. The van der Waals surface area contributed by atoms with Gasteiger partial charge in [-0.05, 0) is 19.3 Å². The highest BCUT2D eigenvalue weighted by Crippen LogP contribution is 2.34. The van der Waals surface area contributed by atoms with Gasteiger partial charge < -0.3 is 20.7 Å². The predicted molar refractivity (Wildman–Crippen MR) is 62.8 cm³/mol. The number of urea groups is 1. The van der Waals surface area contributed by atoms with Crippen LogP contribution < -0.4 is 10.6 Å². The Kier molecular flexibility index (Phi) is 3.50. The molecule has 2 amide bonds. The topological polar surface area (TPSA) is 107 Å². The number of nitrogens with one attached hydrogen (secondary N) is 3. The maximum absolute atomic E-state index is 11.7. The number of hydrogen-bond donors (Lipinski definition) is 4. The molecule has 0 bridgehead atoms. The van der Waals surface area contributed by atoms with Crippen molar-refractivity contribution in [3.05, 3.63) is 18.2 Å². The number of carboxylic acids is 1. The van der Waals surface area contributed by atoms with Gasteiger partial charge in [0.25, 0.3) is 0 Å². The molecule has 1 aromatic heterocycles. The number of carboxylic acid groups (broad SMARTS) is 1. The molecule has 18 heavy (non-hydrogen) atoms. The number of carbonyl (C=O) groups excluding carboxylic acids is 1.